The molecule has 120 valence electrons. The highest BCUT2D eigenvalue weighted by Gasteiger charge is 2.52. The van der Waals surface area contributed by atoms with Gasteiger partial charge in [-0.15, -0.1) is 0 Å². The van der Waals surface area contributed by atoms with E-state index in [2.05, 4.69) is 0 Å². The van der Waals surface area contributed by atoms with E-state index in [0.717, 1.165) is 0 Å². The van der Waals surface area contributed by atoms with E-state index in [9.17, 15) is 27.9 Å². The van der Waals surface area contributed by atoms with Crippen LogP contribution in [-0.2, 0) is 15.0 Å². The number of benzene rings is 1. The summed E-state index contributed by atoms with van der Waals surface area (Å²) in [5.41, 5.74) is -1.42. The van der Waals surface area contributed by atoms with Crippen molar-refractivity contribution in [2.45, 2.75) is 18.0 Å². The van der Waals surface area contributed by atoms with Crippen molar-refractivity contribution in [3.05, 3.63) is 33.8 Å². The second kappa shape index (κ2) is 5.62. The quantitative estimate of drug-likeness (QED) is 0.886. The molecule has 1 aliphatic heterocycles. The molecular formula is C13H10Cl2F3NO3. The lowest BCUT2D eigenvalue weighted by atomic mass is 9.80. The van der Waals surface area contributed by atoms with Crippen molar-refractivity contribution >= 4 is 35.1 Å². The van der Waals surface area contributed by atoms with Crippen molar-refractivity contribution in [3.63, 3.8) is 0 Å². The van der Waals surface area contributed by atoms with Gasteiger partial charge in [-0.2, -0.15) is 13.2 Å². The second-order valence-corrected chi connectivity index (χ2v) is 5.81. The van der Waals surface area contributed by atoms with Crippen LogP contribution in [0, 0.1) is 0 Å². The van der Waals surface area contributed by atoms with Gasteiger partial charge in [-0.05, 0) is 24.1 Å². The van der Waals surface area contributed by atoms with E-state index >= 15 is 0 Å². The molecule has 1 fully saturated rings. The molecular weight excluding hydrogens is 346 g/mol. The van der Waals surface area contributed by atoms with Gasteiger partial charge in [-0.1, -0.05) is 29.3 Å². The van der Waals surface area contributed by atoms with Gasteiger partial charge in [0, 0.05) is 13.1 Å². The number of amides is 1. The Balaban J connectivity index is 2.38. The minimum atomic E-state index is -5.04. The topological polar surface area (TPSA) is 57.6 Å². The van der Waals surface area contributed by atoms with Gasteiger partial charge >= 0.3 is 18.1 Å². The molecule has 1 atom stereocenters. The van der Waals surface area contributed by atoms with Crippen LogP contribution in [0.25, 0.3) is 0 Å². The molecule has 4 nitrogen and oxygen atoms in total. The molecule has 22 heavy (non-hydrogen) atoms. The fourth-order valence-electron chi connectivity index (χ4n) is 2.49. The average Bonchev–Trinajstić information content (AvgIpc) is 2.86. The number of halogens is 5. The molecule has 1 N–H and O–H groups in total. The van der Waals surface area contributed by atoms with Crippen molar-refractivity contribution in [1.82, 2.24) is 4.90 Å². The number of rotatable bonds is 2. The zero-order valence-corrected chi connectivity index (χ0v) is 12.5. The van der Waals surface area contributed by atoms with Crippen molar-refractivity contribution in [2.24, 2.45) is 0 Å². The smallest absolute Gasteiger partial charge is 0.471 e. The summed E-state index contributed by atoms with van der Waals surface area (Å²) in [5, 5.41) is 9.78. The van der Waals surface area contributed by atoms with Crippen molar-refractivity contribution in [1.29, 1.82) is 0 Å². The molecule has 1 unspecified atom stereocenters. The number of alkyl halides is 3. The Morgan fingerprint density at radius 2 is 1.86 bits per heavy atom. The molecule has 1 saturated heterocycles. The summed E-state index contributed by atoms with van der Waals surface area (Å²) in [7, 11) is 0. The molecule has 1 amide bonds. The van der Waals surface area contributed by atoms with Crippen LogP contribution in [0.15, 0.2) is 18.2 Å². The first-order valence-corrected chi connectivity index (χ1v) is 6.88. The monoisotopic (exact) mass is 355 g/mol. The standard InChI is InChI=1S/C13H10Cl2F3NO3/c14-8-2-1-7(5-9(8)15)12(11(21)22)3-4-19(6-12)10(20)13(16,17)18/h1-2,5H,3-4,6H2,(H,21,22). The maximum Gasteiger partial charge on any atom is 0.471 e. The van der Waals surface area contributed by atoms with E-state index in [0.29, 0.717) is 4.90 Å². The van der Waals surface area contributed by atoms with Crippen molar-refractivity contribution < 1.29 is 27.9 Å². The molecule has 1 heterocycles. The lowest BCUT2D eigenvalue weighted by molar-refractivity contribution is -0.184. The summed E-state index contributed by atoms with van der Waals surface area (Å²) < 4.78 is 37.5. The number of hydrogen-bond acceptors (Lipinski definition) is 2. The van der Waals surface area contributed by atoms with E-state index < -0.39 is 30.0 Å². The van der Waals surface area contributed by atoms with Crippen LogP contribution in [0.4, 0.5) is 13.2 Å². The van der Waals surface area contributed by atoms with Gasteiger partial charge < -0.3 is 10.0 Å². The third-order valence-electron chi connectivity index (χ3n) is 3.68. The Morgan fingerprint density at radius 3 is 2.36 bits per heavy atom. The van der Waals surface area contributed by atoms with Crippen LogP contribution >= 0.6 is 23.2 Å². The second-order valence-electron chi connectivity index (χ2n) is 4.99. The minimum absolute atomic E-state index is 0.0976. The highest BCUT2D eigenvalue weighted by molar-refractivity contribution is 6.42. The maximum atomic E-state index is 12.5. The van der Waals surface area contributed by atoms with Crippen molar-refractivity contribution in [3.8, 4) is 0 Å². The van der Waals surface area contributed by atoms with Crippen LogP contribution in [-0.4, -0.2) is 41.1 Å². The molecule has 1 aromatic carbocycles. The highest BCUT2D eigenvalue weighted by Crippen LogP contribution is 2.38. The highest BCUT2D eigenvalue weighted by atomic mass is 35.5. The molecule has 0 aromatic heterocycles. The summed E-state index contributed by atoms with van der Waals surface area (Å²) in [6, 6.07) is 4.07. The third-order valence-corrected chi connectivity index (χ3v) is 4.42. The van der Waals surface area contributed by atoms with Gasteiger partial charge in [0.1, 0.15) is 5.41 Å². The Bertz CT molecular complexity index is 635. The predicted molar refractivity (Wildman–Crippen MR) is 73.0 cm³/mol. The van der Waals surface area contributed by atoms with E-state index in [-0.39, 0.29) is 28.6 Å². The number of carbonyl (C=O) groups excluding carboxylic acids is 1. The number of carboxylic acids is 1. The minimum Gasteiger partial charge on any atom is -0.481 e. The molecule has 0 spiro atoms. The predicted octanol–water partition coefficient (Wildman–Crippen LogP) is 3.11. The number of hydrogen-bond donors (Lipinski definition) is 1. The normalized spacial score (nSPS) is 22.0. The molecule has 0 aliphatic carbocycles. The van der Waals surface area contributed by atoms with Crippen LogP contribution < -0.4 is 0 Å². The number of likely N-dealkylation sites (tertiary alicyclic amines) is 1. The number of nitrogens with zero attached hydrogens (tertiary/aromatic N) is 1. The van der Waals surface area contributed by atoms with Crippen molar-refractivity contribution in [2.75, 3.05) is 13.1 Å². The van der Waals surface area contributed by atoms with Crippen LogP contribution in [0.2, 0.25) is 10.0 Å². The maximum absolute atomic E-state index is 12.5. The summed E-state index contributed by atoms with van der Waals surface area (Å²) in [6.45, 7) is -0.872. The molecule has 0 bridgehead atoms. The lowest BCUT2D eigenvalue weighted by Crippen LogP contribution is -2.44. The average molecular weight is 356 g/mol. The van der Waals surface area contributed by atoms with Gasteiger partial charge in [-0.25, -0.2) is 0 Å². The Morgan fingerprint density at radius 1 is 1.23 bits per heavy atom. The number of aliphatic carboxylic acids is 1. The molecule has 2 rings (SSSR count). The number of carbonyl (C=O) groups is 2. The first-order valence-electron chi connectivity index (χ1n) is 6.13. The van der Waals surface area contributed by atoms with Gasteiger partial charge in [0.25, 0.3) is 0 Å². The summed E-state index contributed by atoms with van der Waals surface area (Å²) in [6.07, 6.45) is -5.17. The summed E-state index contributed by atoms with van der Waals surface area (Å²) in [4.78, 5) is 23.4. The van der Waals surface area contributed by atoms with Crippen LogP contribution in [0.5, 0.6) is 0 Å². The Hall–Kier alpha value is -1.47. The molecule has 0 saturated carbocycles. The fourth-order valence-corrected chi connectivity index (χ4v) is 2.79. The van der Waals surface area contributed by atoms with Crippen LogP contribution in [0.1, 0.15) is 12.0 Å². The fraction of sp³-hybridized carbons (Fsp3) is 0.385. The largest absolute Gasteiger partial charge is 0.481 e. The third kappa shape index (κ3) is 2.87. The first-order chi connectivity index (χ1) is 10.1. The van der Waals surface area contributed by atoms with Gasteiger partial charge in [0.2, 0.25) is 0 Å². The van der Waals surface area contributed by atoms with E-state index in [4.69, 9.17) is 23.2 Å². The van der Waals surface area contributed by atoms with E-state index in [1.54, 1.807) is 0 Å². The molecule has 9 heteroatoms. The van der Waals surface area contributed by atoms with E-state index in [1.165, 1.54) is 18.2 Å². The Kier molecular flexibility index (Phi) is 4.32. The first kappa shape index (κ1) is 16.9. The summed E-state index contributed by atoms with van der Waals surface area (Å²) >= 11 is 11.6. The summed E-state index contributed by atoms with van der Waals surface area (Å²) in [5.74, 6) is -3.36. The van der Waals surface area contributed by atoms with Crippen LogP contribution in [0.3, 0.4) is 0 Å². The molecule has 1 aliphatic rings. The SMILES string of the molecule is O=C(N1CCC(C(=O)O)(c2ccc(Cl)c(Cl)c2)C1)C(F)(F)F. The van der Waals surface area contributed by atoms with Gasteiger partial charge in [0.05, 0.1) is 10.0 Å². The zero-order valence-electron chi connectivity index (χ0n) is 11.0. The lowest BCUT2D eigenvalue weighted by Gasteiger charge is -2.26. The van der Waals surface area contributed by atoms with Gasteiger partial charge in [-0.3, -0.25) is 9.59 Å². The molecule has 0 radical (unpaired) electrons. The Labute approximate surface area is 133 Å². The van der Waals surface area contributed by atoms with Gasteiger partial charge in [0.15, 0.2) is 0 Å². The molecule has 1 aromatic rings. The number of carboxylic acid groups (broad SMARTS) is 1. The zero-order chi connectivity index (χ0) is 16.7. The van der Waals surface area contributed by atoms with E-state index in [1.807, 2.05) is 0 Å².